The number of carbonyl (C=O) groups is 2. The van der Waals surface area contributed by atoms with Crippen molar-refractivity contribution in [1.82, 2.24) is 24.3 Å². The van der Waals surface area contributed by atoms with E-state index in [1.807, 2.05) is 30.5 Å². The minimum absolute atomic E-state index is 0.0574. The number of nitrogens with one attached hydrogen (secondary N) is 1. The molecule has 1 aromatic carbocycles. The second kappa shape index (κ2) is 13.3. The number of alkyl halides is 2. The van der Waals surface area contributed by atoms with E-state index in [2.05, 4.69) is 34.3 Å². The van der Waals surface area contributed by atoms with Gasteiger partial charge >= 0.3 is 0 Å². The molecular formula is C31H37F2N7O2S. The average molecular weight is 610 g/mol. The smallest absolute Gasteiger partial charge is 0.272 e. The predicted molar refractivity (Wildman–Crippen MR) is 163 cm³/mol. The average Bonchev–Trinajstić information content (AvgIpc) is 3.72. The topological polar surface area (TPSA) is 97.5 Å². The van der Waals surface area contributed by atoms with Gasteiger partial charge in [-0.3, -0.25) is 19.8 Å². The van der Waals surface area contributed by atoms with Crippen molar-refractivity contribution in [3.63, 3.8) is 0 Å². The van der Waals surface area contributed by atoms with Gasteiger partial charge < -0.3 is 14.4 Å². The molecule has 43 heavy (non-hydrogen) atoms. The quantitative estimate of drug-likeness (QED) is 0.267. The number of hydrogen-bond acceptors (Lipinski definition) is 7. The summed E-state index contributed by atoms with van der Waals surface area (Å²) in [6, 6.07) is 10.6. The molecule has 2 aliphatic rings. The molecule has 2 aromatic heterocycles. The first kappa shape index (κ1) is 30.8. The van der Waals surface area contributed by atoms with E-state index < -0.39 is 12.3 Å². The summed E-state index contributed by atoms with van der Waals surface area (Å²) < 4.78 is 28.3. The van der Waals surface area contributed by atoms with Crippen LogP contribution in [0.15, 0.2) is 42.0 Å². The van der Waals surface area contributed by atoms with Crippen molar-refractivity contribution in [3.05, 3.63) is 57.3 Å². The number of aromatic nitrogens is 2. The highest BCUT2D eigenvalue weighted by molar-refractivity contribution is 7.14. The number of rotatable bonds is 9. The lowest BCUT2D eigenvalue weighted by Gasteiger charge is -2.32. The Morgan fingerprint density at radius 1 is 1.16 bits per heavy atom. The first-order chi connectivity index (χ1) is 20.6. The Hall–Kier alpha value is -3.66. The lowest BCUT2D eigenvalue weighted by molar-refractivity contribution is -0.127. The number of nitriles is 1. The summed E-state index contributed by atoms with van der Waals surface area (Å²) in [4.78, 5) is 37.7. The molecule has 3 aromatic rings. The number of amides is 2. The number of likely N-dealkylation sites (tertiary alicyclic amines) is 1. The number of benzene rings is 1. The van der Waals surface area contributed by atoms with E-state index in [-0.39, 0.29) is 33.2 Å². The van der Waals surface area contributed by atoms with Crippen LogP contribution in [0.25, 0.3) is 11.0 Å². The summed E-state index contributed by atoms with van der Waals surface area (Å²) in [5, 5.41) is 12.5. The zero-order valence-electron chi connectivity index (χ0n) is 24.7. The lowest BCUT2D eigenvalue weighted by atomic mass is 10.1. The zero-order chi connectivity index (χ0) is 30.7. The van der Waals surface area contributed by atoms with Crippen molar-refractivity contribution in [1.29, 1.82) is 5.26 Å². The van der Waals surface area contributed by atoms with E-state index >= 15 is 0 Å². The van der Waals surface area contributed by atoms with Crippen LogP contribution in [-0.2, 0) is 17.9 Å². The lowest BCUT2D eigenvalue weighted by Crippen LogP contribution is -2.43. The predicted octanol–water partition coefficient (Wildman–Crippen LogP) is 5.13. The number of carbonyl (C=O) groups excluding carboxylic acids is 2. The molecule has 1 N–H and O–H groups in total. The van der Waals surface area contributed by atoms with Crippen LogP contribution in [0.1, 0.15) is 53.2 Å². The summed E-state index contributed by atoms with van der Waals surface area (Å²) in [5.41, 5.74) is 2.74. The summed E-state index contributed by atoms with van der Waals surface area (Å²) in [6.07, 6.45) is 0.575. The number of allylic oxidation sites excluding steroid dienone is 1. The van der Waals surface area contributed by atoms with Gasteiger partial charge in [0.2, 0.25) is 5.95 Å². The fourth-order valence-electron chi connectivity index (χ4n) is 5.72. The van der Waals surface area contributed by atoms with Gasteiger partial charge in [0.05, 0.1) is 26.8 Å². The maximum Gasteiger partial charge on any atom is 0.272 e. The van der Waals surface area contributed by atoms with Gasteiger partial charge in [0.1, 0.15) is 11.6 Å². The summed E-state index contributed by atoms with van der Waals surface area (Å²) in [7, 11) is 2.12. The maximum atomic E-state index is 13.3. The Labute approximate surface area is 254 Å². The fraction of sp³-hybridized carbons (Fsp3) is 0.484. The molecule has 0 radical (unpaired) electrons. The van der Waals surface area contributed by atoms with Gasteiger partial charge in [-0.1, -0.05) is 26.0 Å². The third-order valence-electron chi connectivity index (χ3n) is 7.99. The second-order valence-electron chi connectivity index (χ2n) is 11.6. The van der Waals surface area contributed by atoms with Crippen molar-refractivity contribution in [3.8, 4) is 6.07 Å². The SMILES string of the molecule is CC(C)/C=C(\C#N)C(=O)N1CCC[C@@H]1Cn1c(NC(=O)c2ccc(C(F)F)s2)nc2cc(CN3CCN(C)CC3)ccc21. The molecule has 2 saturated heterocycles. The summed E-state index contributed by atoms with van der Waals surface area (Å²) >= 11 is 0.753. The highest BCUT2D eigenvalue weighted by Gasteiger charge is 2.32. The molecule has 1 atom stereocenters. The van der Waals surface area contributed by atoms with E-state index in [1.54, 1.807) is 11.0 Å². The summed E-state index contributed by atoms with van der Waals surface area (Å²) in [6.45, 7) is 9.52. The van der Waals surface area contributed by atoms with E-state index in [1.165, 1.54) is 12.1 Å². The van der Waals surface area contributed by atoms with E-state index in [9.17, 15) is 23.6 Å². The van der Waals surface area contributed by atoms with Crippen LogP contribution in [0, 0.1) is 17.2 Å². The van der Waals surface area contributed by atoms with E-state index in [0.717, 1.165) is 68.0 Å². The minimum Gasteiger partial charge on any atom is -0.333 e. The second-order valence-corrected chi connectivity index (χ2v) is 12.8. The normalized spacial score (nSPS) is 18.6. The number of likely N-dealkylation sites (N-methyl/N-ethyl adjacent to an activating group) is 1. The largest absolute Gasteiger partial charge is 0.333 e. The molecule has 12 heteroatoms. The van der Waals surface area contributed by atoms with Crippen LogP contribution in [0.4, 0.5) is 14.7 Å². The first-order valence-corrected chi connectivity index (χ1v) is 15.5. The van der Waals surface area contributed by atoms with Gasteiger partial charge in [-0.25, -0.2) is 13.8 Å². The first-order valence-electron chi connectivity index (χ1n) is 14.6. The molecule has 0 saturated carbocycles. The molecular weight excluding hydrogens is 572 g/mol. The van der Waals surface area contributed by atoms with Crippen molar-refractivity contribution >= 4 is 40.1 Å². The molecule has 228 valence electrons. The molecule has 0 spiro atoms. The Balaban J connectivity index is 1.45. The minimum atomic E-state index is -2.65. The highest BCUT2D eigenvalue weighted by atomic mass is 32.1. The Kier molecular flexibility index (Phi) is 9.54. The van der Waals surface area contributed by atoms with Gasteiger partial charge in [0.25, 0.3) is 18.2 Å². The summed E-state index contributed by atoms with van der Waals surface area (Å²) in [5.74, 6) is -0.457. The maximum absolute atomic E-state index is 13.3. The van der Waals surface area contributed by atoms with Crippen LogP contribution < -0.4 is 5.32 Å². The van der Waals surface area contributed by atoms with Crippen molar-refractivity contribution in [2.45, 2.75) is 52.2 Å². The molecule has 4 heterocycles. The fourth-order valence-corrected chi connectivity index (χ4v) is 6.48. The van der Waals surface area contributed by atoms with Crippen LogP contribution in [0.5, 0.6) is 0 Å². The number of piperazine rings is 1. The molecule has 0 unspecified atom stereocenters. The van der Waals surface area contributed by atoms with Gasteiger partial charge in [-0.15, -0.1) is 11.3 Å². The molecule has 9 nitrogen and oxygen atoms in total. The van der Waals surface area contributed by atoms with Gasteiger partial charge in [0.15, 0.2) is 0 Å². The van der Waals surface area contributed by atoms with E-state index in [0.29, 0.717) is 24.6 Å². The molecule has 5 rings (SSSR count). The van der Waals surface area contributed by atoms with Crippen molar-refractivity contribution in [2.24, 2.45) is 5.92 Å². The molecule has 2 fully saturated rings. The zero-order valence-corrected chi connectivity index (χ0v) is 25.5. The van der Waals surface area contributed by atoms with Crippen molar-refractivity contribution in [2.75, 3.05) is 45.1 Å². The van der Waals surface area contributed by atoms with E-state index in [4.69, 9.17) is 4.98 Å². The number of hydrogen-bond donors (Lipinski definition) is 1. The molecule has 2 aliphatic heterocycles. The van der Waals surface area contributed by atoms with Gasteiger partial charge in [0, 0.05) is 45.8 Å². The number of nitrogens with zero attached hydrogens (tertiary/aromatic N) is 6. The number of anilines is 1. The monoisotopic (exact) mass is 609 g/mol. The Bertz CT molecular complexity index is 1550. The molecule has 2 amide bonds. The number of imidazole rings is 1. The standard InChI is InChI=1S/C31H37F2N7O2S/c1-20(2)15-22(17-34)30(42)39-10-4-5-23(39)19-40-25-7-6-21(18-38-13-11-37(3)12-14-38)16-24(25)35-31(40)36-29(41)27-9-8-26(43-27)28(32)33/h6-9,15-16,20,23,28H,4-5,10-14,18-19H2,1-3H3,(H,35,36,41)/b22-15+/t23-/m1/s1. The third kappa shape index (κ3) is 7.12. The molecule has 0 aliphatic carbocycles. The Morgan fingerprint density at radius 3 is 2.60 bits per heavy atom. The third-order valence-corrected chi connectivity index (χ3v) is 9.08. The van der Waals surface area contributed by atoms with Crippen molar-refractivity contribution < 1.29 is 18.4 Å². The van der Waals surface area contributed by atoms with Crippen LogP contribution in [0.3, 0.4) is 0 Å². The number of thiophene rings is 1. The highest BCUT2D eigenvalue weighted by Crippen LogP contribution is 2.30. The Morgan fingerprint density at radius 2 is 1.93 bits per heavy atom. The van der Waals surface area contributed by atoms with Crippen LogP contribution in [0.2, 0.25) is 0 Å². The van der Waals surface area contributed by atoms with Gasteiger partial charge in [-0.2, -0.15) is 5.26 Å². The number of fused-ring (bicyclic) bond motifs is 1. The number of halogens is 2. The molecule has 0 bridgehead atoms. The van der Waals surface area contributed by atoms with Crippen LogP contribution >= 0.6 is 11.3 Å². The van der Waals surface area contributed by atoms with Crippen LogP contribution in [-0.4, -0.2) is 81.9 Å². The van der Waals surface area contributed by atoms with Gasteiger partial charge in [-0.05, 0) is 55.6 Å².